The third-order valence-electron chi connectivity index (χ3n) is 6.04. The first-order chi connectivity index (χ1) is 13.2. The standard InChI is InChI=1S/C21H30N4O2/c26-20(22-18-8-9-18)16-5-4-12-25(15-16)19-10-13-24(14-11-19)21(27)23-17-6-2-1-3-7-17/h1-3,6-7,16,18-19H,4-5,8-15H2,(H,22,26)(H,23,27). The molecular weight excluding hydrogens is 340 g/mol. The Bertz CT molecular complexity index is 653. The molecule has 2 saturated heterocycles. The number of nitrogens with one attached hydrogen (secondary N) is 2. The quantitative estimate of drug-likeness (QED) is 0.856. The van der Waals surface area contributed by atoms with Gasteiger partial charge in [-0.2, -0.15) is 0 Å². The number of carbonyl (C=O) groups is 2. The van der Waals surface area contributed by atoms with Gasteiger partial charge in [0.25, 0.3) is 0 Å². The summed E-state index contributed by atoms with van der Waals surface area (Å²) in [4.78, 5) is 29.2. The van der Waals surface area contributed by atoms with Crippen molar-refractivity contribution in [2.24, 2.45) is 5.92 Å². The number of piperidine rings is 2. The summed E-state index contributed by atoms with van der Waals surface area (Å²) < 4.78 is 0. The molecule has 1 aliphatic carbocycles. The average Bonchev–Trinajstić information content (AvgIpc) is 3.53. The van der Waals surface area contributed by atoms with Gasteiger partial charge in [0, 0.05) is 37.4 Å². The monoisotopic (exact) mass is 370 g/mol. The second kappa shape index (κ2) is 8.30. The highest BCUT2D eigenvalue weighted by atomic mass is 16.2. The molecule has 1 unspecified atom stereocenters. The highest BCUT2D eigenvalue weighted by Gasteiger charge is 2.34. The van der Waals surface area contributed by atoms with Gasteiger partial charge in [0.1, 0.15) is 0 Å². The summed E-state index contributed by atoms with van der Waals surface area (Å²) in [6, 6.07) is 10.5. The lowest BCUT2D eigenvalue weighted by Crippen LogP contribution is -2.52. The summed E-state index contributed by atoms with van der Waals surface area (Å²) in [5.41, 5.74) is 0.838. The van der Waals surface area contributed by atoms with E-state index in [0.29, 0.717) is 12.1 Å². The highest BCUT2D eigenvalue weighted by Crippen LogP contribution is 2.26. The van der Waals surface area contributed by atoms with Gasteiger partial charge in [0.15, 0.2) is 0 Å². The van der Waals surface area contributed by atoms with Crippen molar-refractivity contribution in [3.63, 3.8) is 0 Å². The van der Waals surface area contributed by atoms with Gasteiger partial charge >= 0.3 is 6.03 Å². The molecule has 6 nitrogen and oxygen atoms in total. The normalized spacial score (nSPS) is 24.4. The molecule has 1 atom stereocenters. The van der Waals surface area contributed by atoms with Crippen molar-refractivity contribution in [2.45, 2.75) is 50.6 Å². The number of likely N-dealkylation sites (tertiary alicyclic amines) is 2. The van der Waals surface area contributed by atoms with Crippen molar-refractivity contribution in [3.05, 3.63) is 30.3 Å². The van der Waals surface area contributed by atoms with Gasteiger partial charge in [0.05, 0.1) is 5.92 Å². The lowest BCUT2D eigenvalue weighted by Gasteiger charge is -2.42. The predicted octanol–water partition coefficient (Wildman–Crippen LogP) is 2.67. The molecule has 3 amide bonds. The number of hydrogen-bond donors (Lipinski definition) is 2. The van der Waals surface area contributed by atoms with Crippen LogP contribution in [0.2, 0.25) is 0 Å². The first-order valence-electron chi connectivity index (χ1n) is 10.3. The Morgan fingerprint density at radius 2 is 1.67 bits per heavy atom. The van der Waals surface area contributed by atoms with Gasteiger partial charge in [-0.15, -0.1) is 0 Å². The zero-order valence-electron chi connectivity index (χ0n) is 15.9. The van der Waals surface area contributed by atoms with Gasteiger partial charge in [-0.05, 0) is 57.2 Å². The fraction of sp³-hybridized carbons (Fsp3) is 0.619. The van der Waals surface area contributed by atoms with E-state index >= 15 is 0 Å². The minimum Gasteiger partial charge on any atom is -0.353 e. The molecule has 0 aromatic heterocycles. The van der Waals surface area contributed by atoms with E-state index < -0.39 is 0 Å². The van der Waals surface area contributed by atoms with Crippen molar-refractivity contribution in [3.8, 4) is 0 Å². The Balaban J connectivity index is 1.24. The predicted molar refractivity (Wildman–Crippen MR) is 106 cm³/mol. The van der Waals surface area contributed by atoms with Gasteiger partial charge in [-0.3, -0.25) is 9.69 Å². The number of carbonyl (C=O) groups excluding carboxylic acids is 2. The molecule has 0 radical (unpaired) electrons. The maximum Gasteiger partial charge on any atom is 0.321 e. The van der Waals surface area contributed by atoms with Gasteiger partial charge in [-0.1, -0.05) is 18.2 Å². The van der Waals surface area contributed by atoms with Crippen LogP contribution in [0.15, 0.2) is 30.3 Å². The molecule has 2 N–H and O–H groups in total. The Morgan fingerprint density at radius 3 is 2.37 bits per heavy atom. The summed E-state index contributed by atoms with van der Waals surface area (Å²) in [5, 5.41) is 6.14. The number of hydrogen-bond acceptors (Lipinski definition) is 3. The molecule has 0 bridgehead atoms. The minimum atomic E-state index is -0.0139. The van der Waals surface area contributed by atoms with Crippen LogP contribution in [0.1, 0.15) is 38.5 Å². The zero-order valence-corrected chi connectivity index (χ0v) is 15.9. The van der Waals surface area contributed by atoms with E-state index in [1.54, 1.807) is 0 Å². The molecule has 1 saturated carbocycles. The topological polar surface area (TPSA) is 64.7 Å². The number of amides is 3. The smallest absolute Gasteiger partial charge is 0.321 e. The molecule has 1 aromatic carbocycles. The fourth-order valence-electron chi connectivity index (χ4n) is 4.26. The number of anilines is 1. The van der Waals surface area contributed by atoms with Crippen molar-refractivity contribution < 1.29 is 9.59 Å². The minimum absolute atomic E-state index is 0.0139. The van der Waals surface area contributed by atoms with E-state index in [0.717, 1.165) is 70.4 Å². The molecule has 4 rings (SSSR count). The number of rotatable bonds is 4. The first kappa shape index (κ1) is 18.3. The third kappa shape index (κ3) is 4.80. The van der Waals surface area contributed by atoms with Gasteiger partial charge in [-0.25, -0.2) is 4.79 Å². The molecular formula is C21H30N4O2. The van der Waals surface area contributed by atoms with Crippen molar-refractivity contribution in [2.75, 3.05) is 31.5 Å². The van der Waals surface area contributed by atoms with E-state index in [1.807, 2.05) is 35.2 Å². The highest BCUT2D eigenvalue weighted by molar-refractivity contribution is 5.89. The van der Waals surface area contributed by atoms with Gasteiger partial charge in [0.2, 0.25) is 5.91 Å². The SMILES string of the molecule is O=C(NC1CC1)C1CCCN(C2CCN(C(=O)Nc3ccccc3)CC2)C1. The molecule has 2 aliphatic heterocycles. The van der Waals surface area contributed by atoms with Crippen molar-refractivity contribution in [1.82, 2.24) is 15.1 Å². The van der Waals surface area contributed by atoms with Crippen LogP contribution in [0.25, 0.3) is 0 Å². The first-order valence-corrected chi connectivity index (χ1v) is 10.3. The van der Waals surface area contributed by atoms with Crippen LogP contribution in [0, 0.1) is 5.92 Å². The van der Waals surface area contributed by atoms with Crippen molar-refractivity contribution >= 4 is 17.6 Å². The van der Waals surface area contributed by atoms with E-state index in [9.17, 15) is 9.59 Å². The van der Waals surface area contributed by atoms with Crippen LogP contribution in [-0.4, -0.2) is 60.0 Å². The van der Waals surface area contributed by atoms with Crippen LogP contribution in [0.3, 0.4) is 0 Å². The number of para-hydroxylation sites is 1. The number of urea groups is 1. The molecule has 1 aromatic rings. The maximum absolute atomic E-state index is 12.4. The lowest BCUT2D eigenvalue weighted by molar-refractivity contribution is -0.127. The van der Waals surface area contributed by atoms with Crippen LogP contribution in [-0.2, 0) is 4.79 Å². The van der Waals surface area contributed by atoms with Crippen LogP contribution in [0.4, 0.5) is 10.5 Å². The largest absolute Gasteiger partial charge is 0.353 e. The molecule has 3 fully saturated rings. The summed E-state index contributed by atoms with van der Waals surface area (Å²) in [6.45, 7) is 3.51. The number of benzene rings is 1. The van der Waals surface area contributed by atoms with E-state index in [2.05, 4.69) is 15.5 Å². The second-order valence-electron chi connectivity index (χ2n) is 8.13. The zero-order chi connectivity index (χ0) is 18.6. The summed E-state index contributed by atoms with van der Waals surface area (Å²) in [7, 11) is 0. The van der Waals surface area contributed by atoms with Crippen LogP contribution >= 0.6 is 0 Å². The summed E-state index contributed by atoms with van der Waals surface area (Å²) in [6.07, 6.45) is 6.36. The van der Waals surface area contributed by atoms with Gasteiger partial charge < -0.3 is 15.5 Å². The Kier molecular flexibility index (Phi) is 5.62. The van der Waals surface area contributed by atoms with Crippen LogP contribution in [0.5, 0.6) is 0 Å². The molecule has 27 heavy (non-hydrogen) atoms. The van der Waals surface area contributed by atoms with E-state index in [1.165, 1.54) is 0 Å². The van der Waals surface area contributed by atoms with E-state index in [4.69, 9.17) is 0 Å². The van der Waals surface area contributed by atoms with E-state index in [-0.39, 0.29) is 17.9 Å². The summed E-state index contributed by atoms with van der Waals surface area (Å²) >= 11 is 0. The second-order valence-corrected chi connectivity index (χ2v) is 8.13. The molecule has 0 spiro atoms. The molecule has 3 aliphatic rings. The van der Waals surface area contributed by atoms with Crippen LogP contribution < -0.4 is 10.6 Å². The summed E-state index contributed by atoms with van der Waals surface area (Å²) in [5.74, 6) is 0.389. The lowest BCUT2D eigenvalue weighted by atomic mass is 9.93. The molecule has 146 valence electrons. The molecule has 2 heterocycles. The average molecular weight is 370 g/mol. The Labute approximate surface area is 161 Å². The number of nitrogens with zero attached hydrogens (tertiary/aromatic N) is 2. The molecule has 6 heteroatoms. The Hall–Kier alpha value is -2.08. The fourth-order valence-corrected chi connectivity index (χ4v) is 4.26. The Morgan fingerprint density at radius 1 is 0.926 bits per heavy atom. The maximum atomic E-state index is 12.4. The third-order valence-corrected chi connectivity index (χ3v) is 6.04. The van der Waals surface area contributed by atoms with Crippen molar-refractivity contribution in [1.29, 1.82) is 0 Å².